The maximum Gasteiger partial charge on any atom is 0.257 e. The van der Waals surface area contributed by atoms with Crippen LogP contribution in [0.1, 0.15) is 15.9 Å². The van der Waals surface area contributed by atoms with Gasteiger partial charge in [-0.05, 0) is 36.8 Å². The molecule has 98 valence electrons. The molecule has 0 atom stereocenters. The van der Waals surface area contributed by atoms with Crippen molar-refractivity contribution in [3.63, 3.8) is 0 Å². The number of anilines is 1. The Balaban J connectivity index is 2.20. The zero-order valence-corrected chi connectivity index (χ0v) is 11.4. The van der Waals surface area contributed by atoms with E-state index in [2.05, 4.69) is 10.3 Å². The van der Waals surface area contributed by atoms with Crippen LogP contribution in [-0.2, 0) is 0 Å². The summed E-state index contributed by atoms with van der Waals surface area (Å²) in [6.45, 7) is 1.88. The molecule has 0 aliphatic heterocycles. The van der Waals surface area contributed by atoms with Crippen molar-refractivity contribution >= 4 is 23.2 Å². The average Bonchev–Trinajstić information content (AvgIpc) is 2.42. The number of methoxy groups -OCH3 is 1. The first-order valence-electron chi connectivity index (χ1n) is 5.66. The Morgan fingerprint density at radius 3 is 2.79 bits per heavy atom. The van der Waals surface area contributed by atoms with E-state index in [1.54, 1.807) is 30.5 Å². The molecule has 1 N–H and O–H groups in total. The molecule has 4 nitrogen and oxygen atoms in total. The molecule has 1 aromatic heterocycles. The second-order valence-electron chi connectivity index (χ2n) is 4.03. The van der Waals surface area contributed by atoms with Gasteiger partial charge in [0.25, 0.3) is 5.91 Å². The SMILES string of the molecule is COc1cncc(C(=O)Nc2ccc(Cl)cc2C)c1. The number of carbonyl (C=O) groups is 1. The van der Waals surface area contributed by atoms with E-state index in [4.69, 9.17) is 16.3 Å². The molecule has 0 fully saturated rings. The van der Waals surface area contributed by atoms with Gasteiger partial charge < -0.3 is 10.1 Å². The van der Waals surface area contributed by atoms with E-state index in [1.165, 1.54) is 13.3 Å². The lowest BCUT2D eigenvalue weighted by Gasteiger charge is -2.09. The molecule has 0 saturated heterocycles. The third-order valence-corrected chi connectivity index (χ3v) is 2.88. The van der Waals surface area contributed by atoms with Crippen molar-refractivity contribution in [2.24, 2.45) is 0 Å². The lowest BCUT2D eigenvalue weighted by atomic mass is 10.2. The van der Waals surface area contributed by atoms with Crippen LogP contribution in [0.25, 0.3) is 0 Å². The summed E-state index contributed by atoms with van der Waals surface area (Å²) in [7, 11) is 1.53. The number of rotatable bonds is 3. The van der Waals surface area contributed by atoms with E-state index < -0.39 is 0 Å². The smallest absolute Gasteiger partial charge is 0.257 e. The number of nitrogens with one attached hydrogen (secondary N) is 1. The molecule has 0 radical (unpaired) electrons. The molecule has 0 unspecified atom stereocenters. The first-order valence-corrected chi connectivity index (χ1v) is 6.04. The molecular weight excluding hydrogens is 264 g/mol. The van der Waals surface area contributed by atoms with Crippen molar-refractivity contribution in [1.82, 2.24) is 4.98 Å². The first kappa shape index (κ1) is 13.4. The number of pyridine rings is 1. The molecule has 1 aromatic carbocycles. The number of benzene rings is 1. The van der Waals surface area contributed by atoms with Crippen LogP contribution in [0.5, 0.6) is 5.75 Å². The summed E-state index contributed by atoms with van der Waals surface area (Å²) in [6, 6.07) is 6.92. The molecule has 19 heavy (non-hydrogen) atoms. The van der Waals surface area contributed by atoms with Crippen LogP contribution < -0.4 is 10.1 Å². The van der Waals surface area contributed by atoms with Gasteiger partial charge in [0.15, 0.2) is 0 Å². The highest BCUT2D eigenvalue weighted by molar-refractivity contribution is 6.30. The highest BCUT2D eigenvalue weighted by atomic mass is 35.5. The predicted molar refractivity (Wildman–Crippen MR) is 74.9 cm³/mol. The molecule has 1 heterocycles. The fourth-order valence-corrected chi connectivity index (χ4v) is 1.84. The summed E-state index contributed by atoms with van der Waals surface area (Å²) < 4.78 is 5.03. The van der Waals surface area contributed by atoms with Gasteiger partial charge in [0, 0.05) is 16.9 Å². The van der Waals surface area contributed by atoms with Gasteiger partial charge in [-0.15, -0.1) is 0 Å². The fraction of sp³-hybridized carbons (Fsp3) is 0.143. The molecule has 1 amide bonds. The Bertz CT molecular complexity index is 614. The average molecular weight is 277 g/mol. The van der Waals surface area contributed by atoms with Crippen LogP contribution in [0, 0.1) is 6.92 Å². The molecule has 2 rings (SSSR count). The molecule has 0 bridgehead atoms. The minimum Gasteiger partial charge on any atom is -0.495 e. The van der Waals surface area contributed by atoms with Crippen LogP contribution in [0.3, 0.4) is 0 Å². The quantitative estimate of drug-likeness (QED) is 0.936. The number of aryl methyl sites for hydroxylation is 1. The van der Waals surface area contributed by atoms with Gasteiger partial charge in [-0.1, -0.05) is 11.6 Å². The Labute approximate surface area is 116 Å². The Hall–Kier alpha value is -2.07. The van der Waals surface area contributed by atoms with Crippen LogP contribution in [0.4, 0.5) is 5.69 Å². The second-order valence-corrected chi connectivity index (χ2v) is 4.46. The van der Waals surface area contributed by atoms with Gasteiger partial charge in [0.2, 0.25) is 0 Å². The van der Waals surface area contributed by atoms with Crippen molar-refractivity contribution in [3.8, 4) is 5.75 Å². The molecule has 5 heteroatoms. The Kier molecular flexibility index (Phi) is 4.02. The number of ether oxygens (including phenoxy) is 1. The molecule has 0 aliphatic rings. The van der Waals surface area contributed by atoms with Crippen LogP contribution in [0.2, 0.25) is 5.02 Å². The van der Waals surface area contributed by atoms with Crippen molar-refractivity contribution in [1.29, 1.82) is 0 Å². The maximum atomic E-state index is 12.1. The van der Waals surface area contributed by atoms with Gasteiger partial charge in [-0.3, -0.25) is 9.78 Å². The highest BCUT2D eigenvalue weighted by Gasteiger charge is 2.09. The molecule has 0 aliphatic carbocycles. The lowest BCUT2D eigenvalue weighted by molar-refractivity contribution is 0.102. The maximum absolute atomic E-state index is 12.1. The van der Waals surface area contributed by atoms with Crippen LogP contribution >= 0.6 is 11.6 Å². The normalized spacial score (nSPS) is 10.1. The number of aromatic nitrogens is 1. The zero-order chi connectivity index (χ0) is 13.8. The standard InChI is InChI=1S/C14H13ClN2O2/c1-9-5-11(15)3-4-13(9)17-14(18)10-6-12(19-2)8-16-7-10/h3-8H,1-2H3,(H,17,18). The highest BCUT2D eigenvalue weighted by Crippen LogP contribution is 2.20. The van der Waals surface area contributed by atoms with Gasteiger partial charge in [-0.2, -0.15) is 0 Å². The monoisotopic (exact) mass is 276 g/mol. The molecule has 0 spiro atoms. The Morgan fingerprint density at radius 1 is 1.32 bits per heavy atom. The minimum absolute atomic E-state index is 0.239. The van der Waals surface area contributed by atoms with Crippen molar-refractivity contribution in [3.05, 3.63) is 52.8 Å². The molecular formula is C14H13ClN2O2. The lowest BCUT2D eigenvalue weighted by Crippen LogP contribution is -2.13. The van der Waals surface area contributed by atoms with E-state index in [0.29, 0.717) is 16.3 Å². The fourth-order valence-electron chi connectivity index (χ4n) is 1.62. The number of carbonyl (C=O) groups excluding carboxylic acids is 1. The zero-order valence-electron chi connectivity index (χ0n) is 10.6. The van der Waals surface area contributed by atoms with E-state index in [0.717, 1.165) is 11.3 Å². The third kappa shape index (κ3) is 3.23. The number of nitrogens with zero attached hydrogens (tertiary/aromatic N) is 1. The second kappa shape index (κ2) is 5.71. The van der Waals surface area contributed by atoms with Gasteiger partial charge in [-0.25, -0.2) is 0 Å². The largest absolute Gasteiger partial charge is 0.495 e. The summed E-state index contributed by atoms with van der Waals surface area (Å²) in [5.74, 6) is 0.303. The summed E-state index contributed by atoms with van der Waals surface area (Å²) in [4.78, 5) is 16.0. The van der Waals surface area contributed by atoms with Crippen LogP contribution in [0.15, 0.2) is 36.7 Å². The van der Waals surface area contributed by atoms with Gasteiger partial charge in [0.05, 0.1) is 18.9 Å². The predicted octanol–water partition coefficient (Wildman–Crippen LogP) is 3.30. The minimum atomic E-state index is -0.239. The number of hydrogen-bond donors (Lipinski definition) is 1. The van der Waals surface area contributed by atoms with E-state index in [9.17, 15) is 4.79 Å². The topological polar surface area (TPSA) is 51.2 Å². The van der Waals surface area contributed by atoms with Gasteiger partial charge in [0.1, 0.15) is 5.75 Å². The number of hydrogen-bond acceptors (Lipinski definition) is 3. The van der Waals surface area contributed by atoms with E-state index in [1.807, 2.05) is 6.92 Å². The van der Waals surface area contributed by atoms with E-state index >= 15 is 0 Å². The number of amides is 1. The summed E-state index contributed by atoms with van der Waals surface area (Å²) in [5.41, 5.74) is 2.06. The van der Waals surface area contributed by atoms with E-state index in [-0.39, 0.29) is 5.91 Å². The van der Waals surface area contributed by atoms with Crippen LogP contribution in [-0.4, -0.2) is 18.0 Å². The van der Waals surface area contributed by atoms with Crippen molar-refractivity contribution in [2.45, 2.75) is 6.92 Å². The molecule has 0 saturated carbocycles. The van der Waals surface area contributed by atoms with Crippen molar-refractivity contribution < 1.29 is 9.53 Å². The summed E-state index contributed by atoms with van der Waals surface area (Å²) >= 11 is 5.87. The third-order valence-electron chi connectivity index (χ3n) is 2.65. The summed E-state index contributed by atoms with van der Waals surface area (Å²) in [5, 5.41) is 3.45. The van der Waals surface area contributed by atoms with Gasteiger partial charge >= 0.3 is 0 Å². The first-order chi connectivity index (χ1) is 9.10. The number of halogens is 1. The Morgan fingerprint density at radius 2 is 2.11 bits per heavy atom. The summed E-state index contributed by atoms with van der Waals surface area (Å²) in [6.07, 6.45) is 3.04. The van der Waals surface area contributed by atoms with Crippen molar-refractivity contribution in [2.75, 3.05) is 12.4 Å². The molecule has 2 aromatic rings.